The van der Waals surface area contributed by atoms with Crippen LogP contribution in [0.2, 0.25) is 0 Å². The lowest BCUT2D eigenvalue weighted by molar-refractivity contribution is 0.0824. The topological polar surface area (TPSA) is 54.3 Å². The Labute approximate surface area is 167 Å². The molecule has 2 N–H and O–H groups in total. The van der Waals surface area contributed by atoms with Crippen molar-refractivity contribution in [2.75, 3.05) is 58.9 Å². The van der Waals surface area contributed by atoms with Gasteiger partial charge in [-0.1, -0.05) is 6.07 Å². The molecule has 0 aromatic carbocycles. The summed E-state index contributed by atoms with van der Waals surface area (Å²) in [6.07, 6.45) is 2.84. The van der Waals surface area contributed by atoms with Gasteiger partial charge < -0.3 is 20.2 Å². The predicted octanol–water partition coefficient (Wildman–Crippen LogP) is 1.68. The first-order valence-electron chi connectivity index (χ1n) is 10.4. The molecule has 2 aliphatic heterocycles. The van der Waals surface area contributed by atoms with E-state index in [1.165, 1.54) is 4.88 Å². The van der Waals surface area contributed by atoms with E-state index in [2.05, 4.69) is 44.5 Å². The number of hydrogen-bond acceptors (Lipinski definition) is 5. The number of thiophene rings is 1. The quantitative estimate of drug-likeness (QED) is 0.419. The van der Waals surface area contributed by atoms with Crippen LogP contribution in [-0.2, 0) is 6.54 Å². The van der Waals surface area contributed by atoms with E-state index < -0.39 is 0 Å². The third kappa shape index (κ3) is 6.75. The van der Waals surface area contributed by atoms with Crippen LogP contribution in [0.25, 0.3) is 0 Å². The van der Waals surface area contributed by atoms with E-state index in [1.54, 1.807) is 0 Å². The molecule has 0 atom stereocenters. The lowest BCUT2D eigenvalue weighted by Gasteiger charge is -2.36. The fourth-order valence-electron chi connectivity index (χ4n) is 3.79. The lowest BCUT2D eigenvalue weighted by Crippen LogP contribution is -2.52. The highest BCUT2D eigenvalue weighted by atomic mass is 32.1. The lowest BCUT2D eigenvalue weighted by atomic mass is 10.1. The third-order valence-corrected chi connectivity index (χ3v) is 6.28. The largest absolute Gasteiger partial charge is 0.393 e. The van der Waals surface area contributed by atoms with Crippen LogP contribution in [0.5, 0.6) is 0 Å². The minimum absolute atomic E-state index is 0.0851. The van der Waals surface area contributed by atoms with Gasteiger partial charge in [0.25, 0.3) is 0 Å². The molecule has 2 fully saturated rings. The molecule has 2 aliphatic rings. The fraction of sp³-hybridized carbons (Fsp3) is 0.750. The second-order valence-electron chi connectivity index (χ2n) is 7.50. The Morgan fingerprint density at radius 1 is 1.19 bits per heavy atom. The van der Waals surface area contributed by atoms with E-state index in [-0.39, 0.29) is 6.10 Å². The number of piperidine rings is 1. The van der Waals surface area contributed by atoms with Gasteiger partial charge in [-0.25, -0.2) is 0 Å². The number of piperazine rings is 1. The van der Waals surface area contributed by atoms with Crippen molar-refractivity contribution >= 4 is 17.3 Å². The number of rotatable bonds is 7. The summed E-state index contributed by atoms with van der Waals surface area (Å²) in [5, 5.41) is 15.2. The monoisotopic (exact) mass is 393 g/mol. The molecule has 0 spiro atoms. The molecule has 0 unspecified atom stereocenters. The molecule has 2 saturated heterocycles. The standard InChI is InChI=1S/C20H35N5OS/c1-2-21-20(22-8-4-9-23-10-6-18(26)7-11-23)25-14-12-24(13-15-25)17-19-5-3-16-27-19/h3,5,16,18,26H,2,4,6-15,17H2,1H3,(H,21,22). The Hall–Kier alpha value is -1.15. The zero-order valence-corrected chi connectivity index (χ0v) is 17.5. The Kier molecular flexibility index (Phi) is 8.38. The number of hydrogen-bond donors (Lipinski definition) is 2. The second-order valence-corrected chi connectivity index (χ2v) is 8.54. The van der Waals surface area contributed by atoms with Crippen molar-refractivity contribution in [1.82, 2.24) is 20.0 Å². The first-order valence-corrected chi connectivity index (χ1v) is 11.3. The van der Waals surface area contributed by atoms with E-state index in [0.717, 1.165) is 90.7 Å². The number of nitrogens with zero attached hydrogens (tertiary/aromatic N) is 4. The van der Waals surface area contributed by atoms with Crippen molar-refractivity contribution in [3.05, 3.63) is 22.4 Å². The summed E-state index contributed by atoms with van der Waals surface area (Å²) < 4.78 is 0. The van der Waals surface area contributed by atoms with E-state index >= 15 is 0 Å². The predicted molar refractivity (Wildman–Crippen MR) is 113 cm³/mol. The van der Waals surface area contributed by atoms with Gasteiger partial charge in [0.15, 0.2) is 5.96 Å². The molecule has 27 heavy (non-hydrogen) atoms. The van der Waals surface area contributed by atoms with Gasteiger partial charge in [0.1, 0.15) is 0 Å². The van der Waals surface area contributed by atoms with Crippen LogP contribution < -0.4 is 5.32 Å². The molecule has 3 heterocycles. The molecule has 1 aromatic rings. The van der Waals surface area contributed by atoms with E-state index in [1.807, 2.05) is 11.3 Å². The summed E-state index contributed by atoms with van der Waals surface area (Å²) in [7, 11) is 0. The molecule has 6 nitrogen and oxygen atoms in total. The summed E-state index contributed by atoms with van der Waals surface area (Å²) in [6.45, 7) is 12.4. The maximum Gasteiger partial charge on any atom is 0.194 e. The molecular formula is C20H35N5OS. The van der Waals surface area contributed by atoms with Crippen molar-refractivity contribution in [1.29, 1.82) is 0 Å². The fourth-order valence-corrected chi connectivity index (χ4v) is 4.53. The zero-order chi connectivity index (χ0) is 18.9. The highest BCUT2D eigenvalue weighted by Gasteiger charge is 2.20. The summed E-state index contributed by atoms with van der Waals surface area (Å²) in [6, 6.07) is 4.36. The number of aliphatic hydroxyl groups is 1. The molecule has 3 rings (SSSR count). The molecule has 0 saturated carbocycles. The maximum absolute atomic E-state index is 9.60. The van der Waals surface area contributed by atoms with Crippen LogP contribution in [-0.4, -0.2) is 90.8 Å². The van der Waals surface area contributed by atoms with Gasteiger partial charge in [-0.15, -0.1) is 11.3 Å². The summed E-state index contributed by atoms with van der Waals surface area (Å²) in [5.41, 5.74) is 0. The van der Waals surface area contributed by atoms with Crippen LogP contribution in [0.4, 0.5) is 0 Å². The number of guanidine groups is 1. The van der Waals surface area contributed by atoms with E-state index in [0.29, 0.717) is 0 Å². The highest BCUT2D eigenvalue weighted by molar-refractivity contribution is 7.09. The third-order valence-electron chi connectivity index (χ3n) is 5.42. The maximum atomic E-state index is 9.60. The van der Waals surface area contributed by atoms with Gasteiger partial charge in [-0.2, -0.15) is 0 Å². The van der Waals surface area contributed by atoms with Crippen molar-refractivity contribution in [3.63, 3.8) is 0 Å². The average molecular weight is 394 g/mol. The van der Waals surface area contributed by atoms with Crippen molar-refractivity contribution in [2.45, 2.75) is 38.8 Å². The number of nitrogens with one attached hydrogen (secondary N) is 1. The molecule has 0 bridgehead atoms. The van der Waals surface area contributed by atoms with Crippen LogP contribution in [0.1, 0.15) is 31.1 Å². The van der Waals surface area contributed by atoms with Crippen molar-refractivity contribution in [3.8, 4) is 0 Å². The summed E-state index contributed by atoms with van der Waals surface area (Å²) in [4.78, 5) is 13.7. The molecule has 1 aromatic heterocycles. The Morgan fingerprint density at radius 2 is 1.96 bits per heavy atom. The Bertz CT molecular complexity index is 549. The first-order chi connectivity index (χ1) is 13.2. The van der Waals surface area contributed by atoms with Crippen LogP contribution in [0.3, 0.4) is 0 Å². The minimum atomic E-state index is -0.0851. The Balaban J connectivity index is 1.39. The number of aliphatic imine (C=N–C) groups is 1. The molecule has 7 heteroatoms. The van der Waals surface area contributed by atoms with Crippen molar-refractivity contribution < 1.29 is 5.11 Å². The van der Waals surface area contributed by atoms with Crippen molar-refractivity contribution in [2.24, 2.45) is 4.99 Å². The molecule has 0 aliphatic carbocycles. The SMILES string of the molecule is CCNC(=NCCCN1CCC(O)CC1)N1CCN(Cc2cccs2)CC1. The zero-order valence-electron chi connectivity index (χ0n) is 16.6. The van der Waals surface area contributed by atoms with E-state index in [4.69, 9.17) is 4.99 Å². The minimum Gasteiger partial charge on any atom is -0.393 e. The normalized spacial score (nSPS) is 21.0. The van der Waals surface area contributed by atoms with Gasteiger partial charge in [0, 0.05) is 63.8 Å². The van der Waals surface area contributed by atoms with Gasteiger partial charge >= 0.3 is 0 Å². The van der Waals surface area contributed by atoms with Gasteiger partial charge in [0.05, 0.1) is 6.10 Å². The molecule has 0 amide bonds. The summed E-state index contributed by atoms with van der Waals surface area (Å²) >= 11 is 1.85. The average Bonchev–Trinajstić information content (AvgIpc) is 3.19. The number of likely N-dealkylation sites (tertiary alicyclic amines) is 1. The van der Waals surface area contributed by atoms with Crippen LogP contribution in [0.15, 0.2) is 22.5 Å². The first kappa shape index (κ1) is 20.6. The molecule has 152 valence electrons. The highest BCUT2D eigenvalue weighted by Crippen LogP contribution is 2.14. The van der Waals surface area contributed by atoms with Gasteiger partial charge in [0.2, 0.25) is 0 Å². The summed E-state index contributed by atoms with van der Waals surface area (Å²) in [5.74, 6) is 1.07. The molecular weight excluding hydrogens is 358 g/mol. The Morgan fingerprint density at radius 3 is 2.63 bits per heavy atom. The molecule has 0 radical (unpaired) electrons. The second kappa shape index (κ2) is 11.0. The van der Waals surface area contributed by atoms with Crippen LogP contribution in [0, 0.1) is 0 Å². The smallest absolute Gasteiger partial charge is 0.194 e. The van der Waals surface area contributed by atoms with Crippen LogP contribution >= 0.6 is 11.3 Å². The van der Waals surface area contributed by atoms with Gasteiger partial charge in [-0.3, -0.25) is 9.89 Å². The number of aliphatic hydroxyl groups excluding tert-OH is 1. The van der Waals surface area contributed by atoms with E-state index in [9.17, 15) is 5.11 Å². The van der Waals surface area contributed by atoms with Gasteiger partial charge in [-0.05, 0) is 44.2 Å².